The minimum Gasteiger partial charge on any atom is -0.507 e. The molecule has 6 atom stereocenters. The summed E-state index contributed by atoms with van der Waals surface area (Å²) in [6, 6.07) is 3.59. The van der Waals surface area contributed by atoms with Crippen LogP contribution in [0, 0.1) is 0 Å². The predicted octanol–water partition coefficient (Wildman–Crippen LogP) is -0.0671. The van der Waals surface area contributed by atoms with Crippen LogP contribution in [0.25, 0.3) is 0 Å². The molecule has 2 aromatic rings. The molecule has 2 aliphatic carbocycles. The first-order chi connectivity index (χ1) is 18.9. The van der Waals surface area contributed by atoms with Crippen molar-refractivity contribution in [1.29, 1.82) is 0 Å². The topological polar surface area (TPSA) is 215 Å². The minimum absolute atomic E-state index is 0.00344. The first kappa shape index (κ1) is 28.0. The maximum atomic E-state index is 13.7. The van der Waals surface area contributed by atoms with E-state index in [4.69, 9.17) is 25.1 Å². The van der Waals surface area contributed by atoms with Crippen LogP contribution < -0.4 is 10.5 Å². The number of ether oxygens (including phenoxy) is 4. The van der Waals surface area contributed by atoms with Crippen LogP contribution in [0.5, 0.6) is 17.2 Å². The molecule has 1 heterocycles. The van der Waals surface area contributed by atoms with Gasteiger partial charge in [-0.25, -0.2) is 4.79 Å². The van der Waals surface area contributed by atoms with Gasteiger partial charge < -0.3 is 50.2 Å². The highest BCUT2D eigenvalue weighted by molar-refractivity contribution is 6.31. The highest BCUT2D eigenvalue weighted by Gasteiger charge is 2.51. The van der Waals surface area contributed by atoms with E-state index in [9.17, 15) is 34.8 Å². The number of benzene rings is 2. The van der Waals surface area contributed by atoms with Crippen molar-refractivity contribution in [3.05, 3.63) is 51.6 Å². The molecule has 0 amide bonds. The van der Waals surface area contributed by atoms with Crippen LogP contribution in [0.4, 0.5) is 0 Å². The van der Waals surface area contributed by atoms with Gasteiger partial charge in [-0.15, -0.1) is 0 Å². The Morgan fingerprint density at radius 3 is 2.50 bits per heavy atom. The van der Waals surface area contributed by atoms with Crippen molar-refractivity contribution >= 4 is 17.5 Å². The maximum absolute atomic E-state index is 13.7. The Morgan fingerprint density at radius 2 is 1.85 bits per heavy atom. The third-order valence-electron chi connectivity index (χ3n) is 7.72. The van der Waals surface area contributed by atoms with Crippen LogP contribution in [0.3, 0.4) is 0 Å². The van der Waals surface area contributed by atoms with Crippen LogP contribution in [-0.2, 0) is 25.4 Å². The Morgan fingerprint density at radius 1 is 1.15 bits per heavy atom. The van der Waals surface area contributed by atoms with Crippen molar-refractivity contribution in [3.63, 3.8) is 0 Å². The summed E-state index contributed by atoms with van der Waals surface area (Å²) in [6.45, 7) is 0.529. The summed E-state index contributed by atoms with van der Waals surface area (Å²) in [7, 11) is 1.32. The molecule has 40 heavy (non-hydrogen) atoms. The SMILES string of the molecule is COc1cccc2c1C(=O)c1c(O)c3c(c(O)c1C2=O)CC(O)(C(=O)OCO)CC3OC1CC(N)C(O)C(C)O1. The number of ketones is 2. The van der Waals surface area contributed by atoms with Crippen molar-refractivity contribution in [2.45, 2.75) is 62.4 Å². The van der Waals surface area contributed by atoms with Crippen LogP contribution in [0.1, 0.15) is 68.8 Å². The molecule has 1 aliphatic heterocycles. The molecule has 0 spiro atoms. The van der Waals surface area contributed by atoms with Crippen molar-refractivity contribution in [2.24, 2.45) is 5.73 Å². The Bertz CT molecular complexity index is 1390. The quantitative estimate of drug-likeness (QED) is 0.137. The van der Waals surface area contributed by atoms with Gasteiger partial charge in [0.1, 0.15) is 17.2 Å². The number of methoxy groups -OCH3 is 1. The van der Waals surface area contributed by atoms with E-state index in [1.165, 1.54) is 25.3 Å². The molecular weight excluding hydrogens is 530 g/mol. The number of phenolic OH excluding ortho intramolecular Hbond substituents is 2. The summed E-state index contributed by atoms with van der Waals surface area (Å²) in [6.07, 6.45) is -5.40. The second kappa shape index (κ2) is 10.1. The van der Waals surface area contributed by atoms with E-state index in [0.29, 0.717) is 0 Å². The first-order valence-corrected chi connectivity index (χ1v) is 12.6. The molecule has 0 bridgehead atoms. The van der Waals surface area contributed by atoms with Gasteiger partial charge >= 0.3 is 5.97 Å². The second-order valence-corrected chi connectivity index (χ2v) is 10.1. The molecule has 3 aliphatic rings. The predicted molar refractivity (Wildman–Crippen MR) is 133 cm³/mol. The number of carbonyl (C=O) groups is 3. The van der Waals surface area contributed by atoms with E-state index in [-0.39, 0.29) is 34.4 Å². The molecule has 13 heteroatoms. The van der Waals surface area contributed by atoms with Crippen LogP contribution in [-0.4, -0.2) is 87.1 Å². The highest BCUT2D eigenvalue weighted by Crippen LogP contribution is 2.52. The van der Waals surface area contributed by atoms with E-state index in [2.05, 4.69) is 4.74 Å². The third kappa shape index (κ3) is 4.22. The van der Waals surface area contributed by atoms with Crippen molar-refractivity contribution in [2.75, 3.05) is 13.9 Å². The van der Waals surface area contributed by atoms with Crippen LogP contribution in [0.2, 0.25) is 0 Å². The van der Waals surface area contributed by atoms with Crippen LogP contribution in [0.15, 0.2) is 18.2 Å². The lowest BCUT2D eigenvalue weighted by Crippen LogP contribution is -2.53. The lowest BCUT2D eigenvalue weighted by molar-refractivity contribution is -0.248. The molecule has 1 fully saturated rings. The number of fused-ring (bicyclic) bond motifs is 3. The third-order valence-corrected chi connectivity index (χ3v) is 7.72. The molecule has 13 nitrogen and oxygen atoms in total. The Kier molecular flexibility index (Phi) is 7.06. The van der Waals surface area contributed by atoms with Gasteiger partial charge in [0, 0.05) is 42.0 Å². The largest absolute Gasteiger partial charge is 0.507 e. The van der Waals surface area contributed by atoms with E-state index < -0.39 is 96.0 Å². The van der Waals surface area contributed by atoms with E-state index >= 15 is 0 Å². The van der Waals surface area contributed by atoms with E-state index in [1.54, 1.807) is 6.92 Å². The van der Waals surface area contributed by atoms with Gasteiger partial charge in [0.15, 0.2) is 24.5 Å². The minimum atomic E-state index is -2.37. The van der Waals surface area contributed by atoms with Gasteiger partial charge in [0.05, 0.1) is 42.1 Å². The number of aromatic hydroxyl groups is 2. The number of hydrogen-bond donors (Lipinski definition) is 6. The van der Waals surface area contributed by atoms with Crippen molar-refractivity contribution < 1.29 is 58.9 Å². The summed E-state index contributed by atoms with van der Waals surface area (Å²) >= 11 is 0. The molecule has 7 N–H and O–H groups in total. The Hall–Kier alpha value is -3.59. The van der Waals surface area contributed by atoms with Crippen molar-refractivity contribution in [3.8, 4) is 17.2 Å². The average Bonchev–Trinajstić information content (AvgIpc) is 2.91. The fraction of sp³-hybridized carbons (Fsp3) is 0.444. The Balaban J connectivity index is 1.68. The smallest absolute Gasteiger partial charge is 0.340 e. The molecular formula is C27H29NO12. The zero-order valence-electron chi connectivity index (χ0n) is 21.6. The summed E-state index contributed by atoms with van der Waals surface area (Å²) < 4.78 is 21.6. The molecule has 214 valence electrons. The number of aliphatic hydroxyl groups is 3. The Labute approximate surface area is 227 Å². The van der Waals surface area contributed by atoms with Gasteiger partial charge in [-0.2, -0.15) is 0 Å². The molecule has 0 saturated carbocycles. The average molecular weight is 560 g/mol. The van der Waals surface area contributed by atoms with Gasteiger partial charge in [-0.3, -0.25) is 9.59 Å². The lowest BCUT2D eigenvalue weighted by atomic mass is 9.73. The van der Waals surface area contributed by atoms with Gasteiger partial charge in [-0.1, -0.05) is 12.1 Å². The molecule has 1 saturated heterocycles. The number of phenols is 2. The molecule has 2 aromatic carbocycles. The fourth-order valence-corrected chi connectivity index (χ4v) is 5.74. The number of carbonyl (C=O) groups excluding carboxylic acids is 3. The van der Waals surface area contributed by atoms with Gasteiger partial charge in [0.2, 0.25) is 5.78 Å². The fourth-order valence-electron chi connectivity index (χ4n) is 5.74. The zero-order valence-corrected chi connectivity index (χ0v) is 21.6. The normalized spacial score (nSPS) is 29.3. The molecule has 5 rings (SSSR count). The number of hydrogen-bond acceptors (Lipinski definition) is 13. The lowest BCUT2D eigenvalue weighted by Gasteiger charge is -2.41. The van der Waals surface area contributed by atoms with Gasteiger partial charge in [0.25, 0.3) is 0 Å². The summed E-state index contributed by atoms with van der Waals surface area (Å²) in [5.41, 5.74) is 2.10. The van der Waals surface area contributed by atoms with Crippen LogP contribution >= 0.6 is 0 Å². The number of aliphatic hydroxyl groups excluding tert-OH is 2. The monoisotopic (exact) mass is 559 g/mol. The highest BCUT2D eigenvalue weighted by atomic mass is 16.7. The van der Waals surface area contributed by atoms with E-state index in [1.807, 2.05) is 0 Å². The molecule has 0 radical (unpaired) electrons. The summed E-state index contributed by atoms with van der Waals surface area (Å²) in [4.78, 5) is 39.9. The maximum Gasteiger partial charge on any atom is 0.340 e. The van der Waals surface area contributed by atoms with Gasteiger partial charge in [-0.05, 0) is 13.0 Å². The zero-order chi connectivity index (χ0) is 29.1. The van der Waals surface area contributed by atoms with Crippen molar-refractivity contribution in [1.82, 2.24) is 0 Å². The second-order valence-electron chi connectivity index (χ2n) is 10.1. The molecule has 6 unspecified atom stereocenters. The number of nitrogens with two attached hydrogens (primary N) is 1. The standard InChI is InChI=1S/C27H29NO12/c1-10-21(30)13(28)6-16(39-10)40-15-8-27(36,26(35)38-9-29)7-12-18(15)25(34)20-19(23(12)32)22(31)11-4-3-5-14(37-2)17(11)24(20)33/h3-5,10,13,15-16,21,29-30,32,34,36H,6-9,28H2,1-2H3. The number of rotatable bonds is 5. The van der Waals surface area contributed by atoms with E-state index in [0.717, 1.165) is 0 Å². The summed E-state index contributed by atoms with van der Waals surface area (Å²) in [5.74, 6) is -4.15. The molecule has 0 aromatic heterocycles. The summed E-state index contributed by atoms with van der Waals surface area (Å²) in [5, 5.41) is 53.4. The first-order valence-electron chi connectivity index (χ1n) is 12.6. The number of esters is 1.